The summed E-state index contributed by atoms with van der Waals surface area (Å²) in [7, 11) is -1.83. The van der Waals surface area contributed by atoms with Crippen molar-refractivity contribution in [3.05, 3.63) is 96.1 Å². The maximum Gasteiger partial charge on any atom is 0.243 e. The summed E-state index contributed by atoms with van der Waals surface area (Å²) < 4.78 is 19.5. The first-order valence-electron chi connectivity index (χ1n) is 7.70. The van der Waals surface area contributed by atoms with Crippen molar-refractivity contribution in [3.63, 3.8) is 0 Å². The molecule has 3 aromatic rings. The molecule has 0 aliphatic heterocycles. The van der Waals surface area contributed by atoms with E-state index in [0.29, 0.717) is 10.9 Å². The molecule has 2 atom stereocenters. The summed E-state index contributed by atoms with van der Waals surface area (Å²) in [4.78, 5) is 0. The molecule has 0 aliphatic carbocycles. The first-order valence-corrected chi connectivity index (χ1v) is 9.40. The Hall–Kier alpha value is -2.35. The molecule has 0 aromatic heterocycles. The maximum atomic E-state index is 13.9. The highest BCUT2D eigenvalue weighted by atomic mass is 31.2. The average Bonchev–Trinajstić information content (AvgIpc) is 2.65. The zero-order valence-corrected chi connectivity index (χ0v) is 14.3. The van der Waals surface area contributed by atoms with Crippen LogP contribution in [0.1, 0.15) is 16.8 Å². The fraction of sp³-hybridized carbons (Fsp3) is 0.100. The summed E-state index contributed by atoms with van der Waals surface area (Å²) in [5, 5.41) is 11.0. The highest BCUT2D eigenvalue weighted by molar-refractivity contribution is 7.67. The third kappa shape index (κ3) is 3.01. The lowest BCUT2D eigenvalue weighted by atomic mass is 10.0. The van der Waals surface area contributed by atoms with E-state index in [1.165, 1.54) is 7.11 Å². The van der Waals surface area contributed by atoms with Gasteiger partial charge in [0.1, 0.15) is 5.75 Å². The number of benzene rings is 3. The summed E-state index contributed by atoms with van der Waals surface area (Å²) in [6, 6.07) is 25.7. The second kappa shape index (κ2) is 7.04. The van der Waals surface area contributed by atoms with Gasteiger partial charge in [-0.05, 0) is 23.8 Å². The first-order chi connectivity index (χ1) is 11.7. The van der Waals surface area contributed by atoms with Gasteiger partial charge in [0.25, 0.3) is 0 Å². The molecule has 24 heavy (non-hydrogen) atoms. The van der Waals surface area contributed by atoms with E-state index in [0.717, 1.165) is 5.56 Å². The molecule has 0 heterocycles. The highest BCUT2D eigenvalue weighted by Gasteiger charge is 2.38. The molecule has 3 nitrogen and oxygen atoms in total. The summed E-state index contributed by atoms with van der Waals surface area (Å²) in [5.74, 6) is 0.111. The van der Waals surface area contributed by atoms with Crippen LogP contribution in [0.5, 0.6) is 5.75 Å². The quantitative estimate of drug-likeness (QED) is 0.684. The molecule has 0 bridgehead atoms. The van der Waals surface area contributed by atoms with E-state index in [2.05, 4.69) is 0 Å². The minimum atomic E-state index is -3.29. The minimum absolute atomic E-state index is 0.111. The van der Waals surface area contributed by atoms with Crippen LogP contribution in [0.15, 0.2) is 84.9 Å². The summed E-state index contributed by atoms with van der Waals surface area (Å²) in [5.41, 5.74) is 0.859. The summed E-state index contributed by atoms with van der Waals surface area (Å²) >= 11 is 0. The molecule has 3 aromatic carbocycles. The number of phenols is 1. The number of rotatable bonds is 5. The van der Waals surface area contributed by atoms with E-state index in [9.17, 15) is 9.67 Å². The van der Waals surface area contributed by atoms with E-state index in [4.69, 9.17) is 4.52 Å². The molecule has 0 saturated carbocycles. The van der Waals surface area contributed by atoms with E-state index >= 15 is 0 Å². The smallest absolute Gasteiger partial charge is 0.243 e. The Balaban J connectivity index is 2.25. The molecule has 122 valence electrons. The number of phenolic OH excluding ortho intramolecular Hbond substituents is 1. The predicted octanol–water partition coefficient (Wildman–Crippen LogP) is 4.73. The summed E-state index contributed by atoms with van der Waals surface area (Å²) in [6.07, 6.45) is 0. The fourth-order valence-electron chi connectivity index (χ4n) is 2.91. The third-order valence-corrected chi connectivity index (χ3v) is 6.89. The van der Waals surface area contributed by atoms with Crippen molar-refractivity contribution in [1.82, 2.24) is 0 Å². The molecule has 4 heteroatoms. The van der Waals surface area contributed by atoms with Crippen molar-refractivity contribution in [2.75, 3.05) is 7.11 Å². The molecular weight excluding hydrogens is 319 g/mol. The van der Waals surface area contributed by atoms with Gasteiger partial charge in [-0.3, -0.25) is 4.57 Å². The lowest BCUT2D eigenvalue weighted by Crippen LogP contribution is -2.14. The van der Waals surface area contributed by atoms with Gasteiger partial charge in [-0.15, -0.1) is 0 Å². The molecule has 1 N–H and O–H groups in total. The number of para-hydroxylation sites is 1. The Morgan fingerprint density at radius 2 is 1.38 bits per heavy atom. The van der Waals surface area contributed by atoms with E-state index in [1.54, 1.807) is 30.3 Å². The topological polar surface area (TPSA) is 46.5 Å². The van der Waals surface area contributed by atoms with E-state index in [-0.39, 0.29) is 5.75 Å². The van der Waals surface area contributed by atoms with Gasteiger partial charge in [0.05, 0.1) is 5.66 Å². The van der Waals surface area contributed by atoms with Crippen LogP contribution in [0.25, 0.3) is 0 Å². The van der Waals surface area contributed by atoms with Crippen LogP contribution < -0.4 is 5.30 Å². The van der Waals surface area contributed by atoms with Gasteiger partial charge in [-0.1, -0.05) is 66.7 Å². The van der Waals surface area contributed by atoms with Gasteiger partial charge in [0, 0.05) is 18.0 Å². The standard InChI is InChI=1S/C20H19O3P/c1-23-24(22,17-12-6-3-7-13-17)20(16-10-4-2-5-11-16)18-14-8-9-15-19(18)21/h2-15,20-21H,1H3. The van der Waals surface area contributed by atoms with Crippen molar-refractivity contribution < 1.29 is 14.2 Å². The predicted molar refractivity (Wildman–Crippen MR) is 97.1 cm³/mol. The maximum absolute atomic E-state index is 13.9. The van der Waals surface area contributed by atoms with Crippen LogP contribution in [-0.4, -0.2) is 12.2 Å². The lowest BCUT2D eigenvalue weighted by molar-refractivity contribution is 0.395. The Morgan fingerprint density at radius 3 is 1.96 bits per heavy atom. The van der Waals surface area contributed by atoms with Crippen LogP contribution in [0.4, 0.5) is 0 Å². The van der Waals surface area contributed by atoms with Crippen molar-refractivity contribution in [3.8, 4) is 5.75 Å². The molecule has 0 saturated heterocycles. The zero-order valence-electron chi connectivity index (χ0n) is 13.4. The van der Waals surface area contributed by atoms with Gasteiger partial charge >= 0.3 is 0 Å². The van der Waals surface area contributed by atoms with Crippen LogP contribution >= 0.6 is 7.37 Å². The first kappa shape index (κ1) is 16.5. The van der Waals surface area contributed by atoms with Gasteiger partial charge in [-0.2, -0.15) is 0 Å². The molecule has 2 unspecified atom stereocenters. The Bertz CT molecular complexity index is 847. The molecule has 0 spiro atoms. The molecule has 3 rings (SSSR count). The Kier molecular flexibility index (Phi) is 4.84. The second-order valence-corrected chi connectivity index (χ2v) is 8.08. The Labute approximate surface area is 142 Å². The SMILES string of the molecule is COP(=O)(c1ccccc1)C(c1ccccc1)c1ccccc1O. The normalized spacial score (nSPS) is 14.7. The van der Waals surface area contributed by atoms with Gasteiger partial charge in [0.15, 0.2) is 0 Å². The molecule has 0 aliphatic rings. The number of hydrogen-bond acceptors (Lipinski definition) is 3. The number of hydrogen-bond donors (Lipinski definition) is 1. The third-order valence-electron chi connectivity index (χ3n) is 4.07. The molecule has 0 radical (unpaired) electrons. The zero-order chi connectivity index (χ0) is 17.0. The van der Waals surface area contributed by atoms with E-state index in [1.807, 2.05) is 54.6 Å². The van der Waals surface area contributed by atoms with Gasteiger partial charge in [-0.25, -0.2) is 0 Å². The van der Waals surface area contributed by atoms with Crippen LogP contribution in [0.3, 0.4) is 0 Å². The fourth-order valence-corrected chi connectivity index (χ4v) is 5.37. The Morgan fingerprint density at radius 1 is 0.833 bits per heavy atom. The van der Waals surface area contributed by atoms with Crippen LogP contribution in [-0.2, 0) is 9.09 Å². The lowest BCUT2D eigenvalue weighted by Gasteiger charge is -2.28. The highest BCUT2D eigenvalue weighted by Crippen LogP contribution is 2.62. The van der Waals surface area contributed by atoms with E-state index < -0.39 is 13.0 Å². The minimum Gasteiger partial charge on any atom is -0.508 e. The van der Waals surface area contributed by atoms with Crippen molar-refractivity contribution in [2.45, 2.75) is 5.66 Å². The van der Waals surface area contributed by atoms with Crippen LogP contribution in [0, 0.1) is 0 Å². The molecular formula is C20H19O3P. The van der Waals surface area contributed by atoms with Crippen molar-refractivity contribution in [2.24, 2.45) is 0 Å². The van der Waals surface area contributed by atoms with Gasteiger partial charge in [0.2, 0.25) is 7.37 Å². The van der Waals surface area contributed by atoms with Crippen LogP contribution in [0.2, 0.25) is 0 Å². The van der Waals surface area contributed by atoms with Gasteiger partial charge < -0.3 is 9.63 Å². The largest absolute Gasteiger partial charge is 0.508 e. The summed E-state index contributed by atoms with van der Waals surface area (Å²) in [6.45, 7) is 0. The monoisotopic (exact) mass is 338 g/mol. The van der Waals surface area contributed by atoms with Crippen molar-refractivity contribution in [1.29, 1.82) is 0 Å². The molecule has 0 amide bonds. The average molecular weight is 338 g/mol. The van der Waals surface area contributed by atoms with Crippen molar-refractivity contribution >= 4 is 12.7 Å². The second-order valence-electron chi connectivity index (χ2n) is 5.49. The number of aromatic hydroxyl groups is 1. The molecule has 0 fully saturated rings.